The Labute approximate surface area is 159 Å². The van der Waals surface area contributed by atoms with E-state index in [2.05, 4.69) is 21.2 Å². The molecule has 4 aliphatic carbocycles. The van der Waals surface area contributed by atoms with Crippen molar-refractivity contribution in [2.24, 2.45) is 35.5 Å². The van der Waals surface area contributed by atoms with Gasteiger partial charge in [-0.2, -0.15) is 0 Å². The maximum absolute atomic E-state index is 13.1. The highest BCUT2D eigenvalue weighted by atomic mass is 79.9. The lowest BCUT2D eigenvalue weighted by Gasteiger charge is -2.41. The zero-order chi connectivity index (χ0) is 18.6. The number of anilines is 1. The minimum Gasteiger partial charge on any atom is -0.495 e. The number of amides is 1. The van der Waals surface area contributed by atoms with Crippen LogP contribution in [0.5, 0.6) is 11.5 Å². The van der Waals surface area contributed by atoms with Crippen LogP contribution < -0.4 is 14.8 Å². The number of aliphatic carboxylic acids is 1. The Morgan fingerprint density at radius 1 is 1.08 bits per heavy atom. The molecule has 6 nitrogen and oxygen atoms in total. The number of methoxy groups -OCH3 is 2. The van der Waals surface area contributed by atoms with Crippen LogP contribution in [0, 0.1) is 35.5 Å². The molecule has 0 aromatic heterocycles. The Hall–Kier alpha value is -2.02. The summed E-state index contributed by atoms with van der Waals surface area (Å²) in [7, 11) is 3.06. The molecule has 26 heavy (non-hydrogen) atoms. The van der Waals surface area contributed by atoms with Gasteiger partial charge in [-0.05, 0) is 46.0 Å². The van der Waals surface area contributed by atoms with Crippen LogP contribution in [0.2, 0.25) is 0 Å². The Bertz CT molecular complexity index is 807. The molecule has 0 saturated heterocycles. The fraction of sp³-hybridized carbons (Fsp3) is 0.474. The van der Waals surface area contributed by atoms with E-state index in [1.165, 1.54) is 14.2 Å². The van der Waals surface area contributed by atoms with Gasteiger partial charge in [0.1, 0.15) is 11.5 Å². The molecule has 2 saturated carbocycles. The van der Waals surface area contributed by atoms with Gasteiger partial charge in [0.05, 0.1) is 36.2 Å². The number of carboxylic acids is 1. The highest BCUT2D eigenvalue weighted by Crippen LogP contribution is 2.63. The van der Waals surface area contributed by atoms with Crippen molar-refractivity contribution >= 4 is 33.5 Å². The summed E-state index contributed by atoms with van der Waals surface area (Å²) in [5.74, 6) is -0.534. The Balaban J connectivity index is 1.64. The van der Waals surface area contributed by atoms with Crippen LogP contribution in [-0.4, -0.2) is 31.2 Å². The van der Waals surface area contributed by atoms with Gasteiger partial charge in [-0.3, -0.25) is 9.59 Å². The van der Waals surface area contributed by atoms with Crippen LogP contribution in [0.1, 0.15) is 6.42 Å². The fourth-order valence-corrected chi connectivity index (χ4v) is 5.23. The number of nitrogens with one attached hydrogen (secondary N) is 1. The summed E-state index contributed by atoms with van der Waals surface area (Å²) in [6.45, 7) is 0. The first-order valence-corrected chi connectivity index (χ1v) is 9.39. The highest BCUT2D eigenvalue weighted by Gasteiger charge is 2.63. The van der Waals surface area contributed by atoms with Gasteiger partial charge in [0.25, 0.3) is 0 Å². The van der Waals surface area contributed by atoms with Gasteiger partial charge in [0.2, 0.25) is 5.91 Å². The van der Waals surface area contributed by atoms with E-state index in [0.29, 0.717) is 33.5 Å². The molecule has 0 heterocycles. The number of hydrogen-bond donors (Lipinski definition) is 2. The molecule has 6 unspecified atom stereocenters. The van der Waals surface area contributed by atoms with Crippen molar-refractivity contribution in [3.63, 3.8) is 0 Å². The SMILES string of the molecule is COc1cc(NC(=O)C2C3C=CC(C4CC34)C2C(=O)O)c(OC)cc1Br. The normalized spacial score (nSPS) is 33.3. The second-order valence-electron chi connectivity index (χ2n) is 7.17. The number of fused-ring (bicyclic) bond motifs is 1. The van der Waals surface area contributed by atoms with Crippen LogP contribution in [0.15, 0.2) is 28.8 Å². The summed E-state index contributed by atoms with van der Waals surface area (Å²) in [5, 5.41) is 12.6. The molecule has 138 valence electrons. The van der Waals surface area contributed by atoms with Gasteiger partial charge >= 0.3 is 5.97 Å². The van der Waals surface area contributed by atoms with Crippen LogP contribution in [0.4, 0.5) is 5.69 Å². The first-order chi connectivity index (χ1) is 12.5. The molecule has 1 aromatic rings. The zero-order valence-corrected chi connectivity index (χ0v) is 16.0. The summed E-state index contributed by atoms with van der Waals surface area (Å²) in [5.41, 5.74) is 0.472. The Morgan fingerprint density at radius 3 is 2.27 bits per heavy atom. The maximum atomic E-state index is 13.1. The van der Waals surface area contributed by atoms with E-state index in [9.17, 15) is 14.7 Å². The highest BCUT2D eigenvalue weighted by molar-refractivity contribution is 9.10. The first-order valence-electron chi connectivity index (χ1n) is 8.59. The maximum Gasteiger partial charge on any atom is 0.307 e. The number of ether oxygens (including phenoxy) is 2. The smallest absolute Gasteiger partial charge is 0.307 e. The minimum atomic E-state index is -0.893. The van der Waals surface area contributed by atoms with Gasteiger partial charge in [0.15, 0.2) is 0 Å². The average Bonchev–Trinajstić information content (AvgIpc) is 3.44. The number of carbonyl (C=O) groups is 2. The molecule has 2 bridgehead atoms. The summed E-state index contributed by atoms with van der Waals surface area (Å²) < 4.78 is 11.3. The average molecular weight is 422 g/mol. The third-order valence-electron chi connectivity index (χ3n) is 5.97. The van der Waals surface area contributed by atoms with Crippen LogP contribution in [-0.2, 0) is 9.59 Å². The molecule has 4 aliphatic rings. The molecule has 0 aliphatic heterocycles. The number of benzene rings is 1. The molecular weight excluding hydrogens is 402 g/mol. The van der Waals surface area contributed by atoms with E-state index in [4.69, 9.17) is 9.47 Å². The molecule has 6 atom stereocenters. The van der Waals surface area contributed by atoms with Crippen molar-refractivity contribution in [2.75, 3.05) is 19.5 Å². The molecular formula is C19H20BrNO5. The van der Waals surface area contributed by atoms with Crippen LogP contribution in [0.3, 0.4) is 0 Å². The topological polar surface area (TPSA) is 84.9 Å². The number of allylic oxidation sites excluding steroid dienone is 2. The van der Waals surface area contributed by atoms with E-state index >= 15 is 0 Å². The van der Waals surface area contributed by atoms with E-state index < -0.39 is 17.8 Å². The number of halogens is 1. The fourth-order valence-electron chi connectivity index (χ4n) is 4.74. The third-order valence-corrected chi connectivity index (χ3v) is 6.59. The Kier molecular flexibility index (Phi) is 4.22. The largest absolute Gasteiger partial charge is 0.495 e. The summed E-state index contributed by atoms with van der Waals surface area (Å²) in [6, 6.07) is 3.39. The number of carboxylic acid groups (broad SMARTS) is 1. The third kappa shape index (κ3) is 2.60. The second-order valence-corrected chi connectivity index (χ2v) is 8.02. The van der Waals surface area contributed by atoms with Crippen molar-refractivity contribution in [1.82, 2.24) is 0 Å². The lowest BCUT2D eigenvalue weighted by Crippen LogP contribution is -2.48. The Morgan fingerprint density at radius 2 is 1.69 bits per heavy atom. The van der Waals surface area contributed by atoms with Crippen molar-refractivity contribution in [3.05, 3.63) is 28.8 Å². The molecule has 5 rings (SSSR count). The molecule has 7 heteroatoms. The van der Waals surface area contributed by atoms with Gasteiger partial charge in [-0.25, -0.2) is 0 Å². The minimum absolute atomic E-state index is 0.00515. The van der Waals surface area contributed by atoms with Crippen molar-refractivity contribution in [1.29, 1.82) is 0 Å². The molecule has 0 spiro atoms. The van der Waals surface area contributed by atoms with E-state index in [1.807, 2.05) is 12.2 Å². The number of hydrogen-bond acceptors (Lipinski definition) is 4. The molecule has 0 radical (unpaired) electrons. The quantitative estimate of drug-likeness (QED) is 0.713. The molecule has 2 fully saturated rings. The number of carbonyl (C=O) groups excluding carboxylic acids is 1. The zero-order valence-electron chi connectivity index (χ0n) is 14.4. The monoisotopic (exact) mass is 421 g/mol. The summed E-state index contributed by atoms with van der Waals surface area (Å²) in [6.07, 6.45) is 5.07. The van der Waals surface area contributed by atoms with Gasteiger partial charge in [-0.1, -0.05) is 12.2 Å². The van der Waals surface area contributed by atoms with Gasteiger partial charge < -0.3 is 19.9 Å². The molecule has 1 amide bonds. The van der Waals surface area contributed by atoms with Crippen molar-refractivity contribution in [3.8, 4) is 11.5 Å². The van der Waals surface area contributed by atoms with Crippen molar-refractivity contribution < 1.29 is 24.2 Å². The van der Waals surface area contributed by atoms with E-state index in [1.54, 1.807) is 12.1 Å². The molecule has 1 aromatic carbocycles. The van der Waals surface area contributed by atoms with Crippen LogP contribution >= 0.6 is 15.9 Å². The summed E-state index contributed by atoms with van der Waals surface area (Å²) >= 11 is 3.39. The number of rotatable bonds is 5. The van der Waals surface area contributed by atoms with Crippen LogP contribution in [0.25, 0.3) is 0 Å². The molecule has 2 N–H and O–H groups in total. The van der Waals surface area contributed by atoms with Crippen molar-refractivity contribution in [2.45, 2.75) is 6.42 Å². The van der Waals surface area contributed by atoms with Gasteiger partial charge in [-0.15, -0.1) is 0 Å². The van der Waals surface area contributed by atoms with Gasteiger partial charge in [0, 0.05) is 12.1 Å². The first kappa shape index (κ1) is 17.4. The lowest BCUT2D eigenvalue weighted by atomic mass is 9.62. The second kappa shape index (κ2) is 6.30. The standard InChI is InChI=1S/C19H20BrNO5/c1-25-14-7-13(15(26-2)6-12(14)20)21-18(22)16-8-3-4-9(11-5-10(8)11)17(16)19(23)24/h3-4,6-11,16-17H,5H2,1-2H3,(H,21,22)(H,23,24). The summed E-state index contributed by atoms with van der Waals surface area (Å²) in [4.78, 5) is 25.0. The predicted octanol–water partition coefficient (Wildman–Crippen LogP) is 3.17. The lowest BCUT2D eigenvalue weighted by molar-refractivity contribution is -0.152. The predicted molar refractivity (Wildman–Crippen MR) is 98.2 cm³/mol. The van der Waals surface area contributed by atoms with E-state index in [0.717, 1.165) is 6.42 Å². The van der Waals surface area contributed by atoms with E-state index in [-0.39, 0.29) is 17.7 Å².